The lowest BCUT2D eigenvalue weighted by molar-refractivity contribution is 0.0612. The van der Waals surface area contributed by atoms with Gasteiger partial charge in [-0.15, -0.1) is 0 Å². The molecule has 0 bridgehead atoms. The number of nitrogens with zero attached hydrogens (tertiary/aromatic N) is 3. The number of carbonyl (C=O) groups is 3. The van der Waals surface area contributed by atoms with Gasteiger partial charge < -0.3 is 9.47 Å². The average molecular weight is 311 g/mol. The van der Waals surface area contributed by atoms with E-state index in [0.717, 1.165) is 0 Å². The minimum atomic E-state index is -0.301. The number of aryl methyl sites for hydroxylation is 1. The van der Waals surface area contributed by atoms with Gasteiger partial charge in [0.05, 0.1) is 11.1 Å². The van der Waals surface area contributed by atoms with Gasteiger partial charge in [-0.1, -0.05) is 12.1 Å². The fraction of sp³-hybridized carbons (Fsp3) is 0.235. The largest absolute Gasteiger partial charge is 0.347 e. The predicted molar refractivity (Wildman–Crippen MR) is 84.2 cm³/mol. The van der Waals surface area contributed by atoms with Crippen molar-refractivity contribution >= 4 is 17.7 Å². The molecule has 0 spiro atoms. The number of carbonyl (C=O) groups excluding carboxylic acids is 3. The molecule has 1 aliphatic heterocycles. The fourth-order valence-corrected chi connectivity index (χ4v) is 2.67. The molecule has 1 aliphatic rings. The quantitative estimate of drug-likeness (QED) is 0.802. The van der Waals surface area contributed by atoms with Crippen LogP contribution in [0.3, 0.4) is 0 Å². The number of rotatable bonds is 4. The van der Waals surface area contributed by atoms with Crippen LogP contribution in [-0.2, 0) is 7.05 Å². The molecule has 2 aromatic rings. The Balaban J connectivity index is 1.68. The van der Waals surface area contributed by atoms with Gasteiger partial charge in [0.1, 0.15) is 5.69 Å². The SMILES string of the molecule is CN(CCN1C(=O)c2ccccc2C1=O)C(=O)c1cccn1C. The van der Waals surface area contributed by atoms with Gasteiger partial charge in [-0.2, -0.15) is 0 Å². The summed E-state index contributed by atoms with van der Waals surface area (Å²) in [6, 6.07) is 10.3. The molecule has 0 saturated heterocycles. The van der Waals surface area contributed by atoms with Crippen molar-refractivity contribution in [2.45, 2.75) is 0 Å². The molecule has 1 aromatic heterocycles. The molecule has 0 radical (unpaired) electrons. The molecule has 0 N–H and O–H groups in total. The first-order valence-corrected chi connectivity index (χ1v) is 7.32. The van der Waals surface area contributed by atoms with Crippen LogP contribution in [0, 0.1) is 0 Å². The standard InChI is InChI=1S/C17H17N3O3/c1-18-9-5-8-14(18)17(23)19(2)10-11-20-15(21)12-6-3-4-7-13(12)16(20)22/h3-9H,10-11H2,1-2H3. The van der Waals surface area contributed by atoms with E-state index in [1.165, 1.54) is 9.80 Å². The number of amides is 3. The normalized spacial score (nSPS) is 13.4. The Morgan fingerprint density at radius 1 is 1.04 bits per heavy atom. The second-order valence-corrected chi connectivity index (χ2v) is 5.54. The van der Waals surface area contributed by atoms with Crippen LogP contribution in [-0.4, -0.2) is 52.2 Å². The molecular formula is C17H17N3O3. The highest BCUT2D eigenvalue weighted by molar-refractivity contribution is 6.21. The maximum Gasteiger partial charge on any atom is 0.270 e. The molecule has 118 valence electrons. The number of aromatic nitrogens is 1. The topological polar surface area (TPSA) is 62.6 Å². The first-order valence-electron chi connectivity index (χ1n) is 7.32. The second kappa shape index (κ2) is 5.72. The Morgan fingerprint density at radius 3 is 2.17 bits per heavy atom. The maximum absolute atomic E-state index is 12.3. The molecule has 23 heavy (non-hydrogen) atoms. The molecule has 0 aliphatic carbocycles. The number of hydrogen-bond donors (Lipinski definition) is 0. The predicted octanol–water partition coefficient (Wildman–Crippen LogP) is 1.39. The summed E-state index contributed by atoms with van der Waals surface area (Å²) in [7, 11) is 3.46. The lowest BCUT2D eigenvalue weighted by Crippen LogP contribution is -2.39. The van der Waals surface area contributed by atoms with E-state index in [1.807, 2.05) is 0 Å². The van der Waals surface area contributed by atoms with Crippen LogP contribution >= 0.6 is 0 Å². The summed E-state index contributed by atoms with van der Waals surface area (Å²) in [5, 5.41) is 0. The highest BCUT2D eigenvalue weighted by Gasteiger charge is 2.35. The third kappa shape index (κ3) is 2.52. The summed E-state index contributed by atoms with van der Waals surface area (Å²) < 4.78 is 1.74. The Labute approximate surface area is 133 Å². The van der Waals surface area contributed by atoms with Gasteiger partial charge in [0.15, 0.2) is 0 Å². The van der Waals surface area contributed by atoms with Crippen LogP contribution < -0.4 is 0 Å². The molecular weight excluding hydrogens is 294 g/mol. The van der Waals surface area contributed by atoms with Crippen molar-refractivity contribution in [2.75, 3.05) is 20.1 Å². The van der Waals surface area contributed by atoms with Crippen LogP contribution in [0.5, 0.6) is 0 Å². The number of hydrogen-bond acceptors (Lipinski definition) is 3. The third-order valence-electron chi connectivity index (χ3n) is 4.05. The average Bonchev–Trinajstić information content (AvgIpc) is 3.08. The van der Waals surface area contributed by atoms with Crippen molar-refractivity contribution in [2.24, 2.45) is 7.05 Å². The van der Waals surface area contributed by atoms with E-state index in [9.17, 15) is 14.4 Å². The Kier molecular flexibility index (Phi) is 3.73. The van der Waals surface area contributed by atoms with Crippen LogP contribution in [0.4, 0.5) is 0 Å². The highest BCUT2D eigenvalue weighted by atomic mass is 16.2. The minimum absolute atomic E-state index is 0.144. The van der Waals surface area contributed by atoms with Gasteiger partial charge in [0, 0.05) is 33.4 Å². The molecule has 3 amide bonds. The maximum atomic E-state index is 12.3. The fourth-order valence-electron chi connectivity index (χ4n) is 2.67. The minimum Gasteiger partial charge on any atom is -0.347 e. The number of imide groups is 1. The Bertz CT molecular complexity index is 759. The summed E-state index contributed by atoms with van der Waals surface area (Å²) in [6.07, 6.45) is 1.80. The van der Waals surface area contributed by atoms with Crippen molar-refractivity contribution in [1.29, 1.82) is 0 Å². The van der Waals surface area contributed by atoms with E-state index in [2.05, 4.69) is 0 Å². The van der Waals surface area contributed by atoms with E-state index in [-0.39, 0.29) is 30.8 Å². The van der Waals surface area contributed by atoms with E-state index < -0.39 is 0 Å². The highest BCUT2D eigenvalue weighted by Crippen LogP contribution is 2.22. The van der Waals surface area contributed by atoms with Crippen LogP contribution in [0.25, 0.3) is 0 Å². The molecule has 0 atom stereocenters. The second-order valence-electron chi connectivity index (χ2n) is 5.54. The molecule has 2 heterocycles. The Hall–Kier alpha value is -2.89. The Morgan fingerprint density at radius 2 is 1.65 bits per heavy atom. The van der Waals surface area contributed by atoms with Crippen molar-refractivity contribution in [3.05, 3.63) is 59.4 Å². The number of benzene rings is 1. The van der Waals surface area contributed by atoms with E-state index in [0.29, 0.717) is 16.8 Å². The molecule has 0 fully saturated rings. The lowest BCUT2D eigenvalue weighted by atomic mass is 10.1. The molecule has 0 unspecified atom stereocenters. The molecule has 1 aromatic carbocycles. The smallest absolute Gasteiger partial charge is 0.270 e. The van der Waals surface area contributed by atoms with Gasteiger partial charge in [-0.05, 0) is 24.3 Å². The van der Waals surface area contributed by atoms with Crippen LogP contribution in [0.1, 0.15) is 31.2 Å². The van der Waals surface area contributed by atoms with Gasteiger partial charge in [0.25, 0.3) is 17.7 Å². The first kappa shape index (κ1) is 15.0. The summed E-state index contributed by atoms with van der Waals surface area (Å²) in [4.78, 5) is 39.6. The van der Waals surface area contributed by atoms with Crippen molar-refractivity contribution in [3.8, 4) is 0 Å². The molecule has 6 nitrogen and oxygen atoms in total. The number of fused-ring (bicyclic) bond motifs is 1. The summed E-state index contributed by atoms with van der Waals surface area (Å²) in [5.41, 5.74) is 1.41. The zero-order valence-electron chi connectivity index (χ0n) is 13.0. The van der Waals surface area contributed by atoms with Crippen molar-refractivity contribution in [3.63, 3.8) is 0 Å². The van der Waals surface area contributed by atoms with Crippen LogP contribution in [0.2, 0.25) is 0 Å². The monoisotopic (exact) mass is 311 g/mol. The van der Waals surface area contributed by atoms with Crippen molar-refractivity contribution in [1.82, 2.24) is 14.4 Å². The van der Waals surface area contributed by atoms with E-state index >= 15 is 0 Å². The van der Waals surface area contributed by atoms with Gasteiger partial charge >= 0.3 is 0 Å². The summed E-state index contributed by atoms with van der Waals surface area (Å²) in [5.74, 6) is -0.746. The van der Waals surface area contributed by atoms with Gasteiger partial charge in [-0.25, -0.2) is 0 Å². The van der Waals surface area contributed by atoms with Crippen molar-refractivity contribution < 1.29 is 14.4 Å². The van der Waals surface area contributed by atoms with E-state index in [1.54, 1.807) is 61.3 Å². The molecule has 3 rings (SSSR count). The zero-order chi connectivity index (χ0) is 16.6. The van der Waals surface area contributed by atoms with Gasteiger partial charge in [-0.3, -0.25) is 19.3 Å². The number of likely N-dealkylation sites (N-methyl/N-ethyl adjacent to an activating group) is 1. The zero-order valence-corrected chi connectivity index (χ0v) is 13.0. The molecule has 0 saturated carbocycles. The van der Waals surface area contributed by atoms with Gasteiger partial charge in [0.2, 0.25) is 0 Å². The molecule has 6 heteroatoms. The van der Waals surface area contributed by atoms with Crippen LogP contribution in [0.15, 0.2) is 42.6 Å². The first-order chi connectivity index (χ1) is 11.0. The third-order valence-corrected chi connectivity index (χ3v) is 4.05. The van der Waals surface area contributed by atoms with E-state index in [4.69, 9.17) is 0 Å². The summed E-state index contributed by atoms with van der Waals surface area (Å²) >= 11 is 0. The summed E-state index contributed by atoms with van der Waals surface area (Å²) in [6.45, 7) is 0.467. The lowest BCUT2D eigenvalue weighted by Gasteiger charge is -2.21.